The molecule has 1 amide bonds. The van der Waals surface area contributed by atoms with Crippen molar-refractivity contribution in [3.05, 3.63) is 29.3 Å². The minimum Gasteiger partial charge on any atom is -0.483 e. The third-order valence-corrected chi connectivity index (χ3v) is 9.13. The molecule has 7 nitrogen and oxygen atoms in total. The predicted octanol–water partition coefficient (Wildman–Crippen LogP) is 3.12. The number of sulfonamides is 1. The summed E-state index contributed by atoms with van der Waals surface area (Å²) in [6.45, 7) is 6.33. The number of ether oxygens (including phenoxy) is 2. The lowest BCUT2D eigenvalue weighted by molar-refractivity contribution is -0.140. The molecule has 1 saturated carbocycles. The molecule has 2 atom stereocenters. The molecule has 1 N–H and O–H groups in total. The number of carbonyl (C=O) groups is 1. The maximum Gasteiger partial charge on any atom is 0.260 e. The number of aryl methyl sites for hydroxylation is 1. The number of rotatable bonds is 3. The molecule has 32 heavy (non-hydrogen) atoms. The number of hydrogen-bond donors (Lipinski definition) is 1. The molecule has 3 heterocycles. The highest BCUT2D eigenvalue weighted by Gasteiger charge is 2.38. The van der Waals surface area contributed by atoms with Crippen molar-refractivity contribution in [2.75, 3.05) is 19.8 Å². The third-order valence-electron chi connectivity index (χ3n) is 7.26. The van der Waals surface area contributed by atoms with Crippen molar-refractivity contribution in [1.29, 1.82) is 0 Å². The molecular weight excluding hydrogens is 428 g/mol. The standard InChI is InChI=1S/C24H36N2O5S/c1-16(2)32(28,29)25-20-7-5-13-26-21(20)14-30-19-11-9-18(10-12-19)24-17(3)6-4-8-22(24)31-15-23(26)27/h4,6,8,16,18-21,25H,5,7,9-15H2,1-3H3/t18-,19+,20-,21-/m0/s1. The number of fused-ring (bicyclic) bond motifs is 5. The Morgan fingerprint density at radius 2 is 1.88 bits per heavy atom. The zero-order chi connectivity index (χ0) is 22.9. The number of amides is 1. The fourth-order valence-corrected chi connectivity index (χ4v) is 6.30. The number of benzene rings is 1. The van der Waals surface area contributed by atoms with E-state index in [1.165, 1.54) is 11.1 Å². The maximum atomic E-state index is 13.2. The van der Waals surface area contributed by atoms with Crippen LogP contribution < -0.4 is 9.46 Å². The molecule has 1 aliphatic carbocycles. The molecule has 0 spiro atoms. The van der Waals surface area contributed by atoms with Gasteiger partial charge in [0.1, 0.15) is 5.75 Å². The Morgan fingerprint density at radius 1 is 1.12 bits per heavy atom. The van der Waals surface area contributed by atoms with Gasteiger partial charge in [0.05, 0.1) is 24.0 Å². The highest BCUT2D eigenvalue weighted by molar-refractivity contribution is 7.90. The zero-order valence-electron chi connectivity index (χ0n) is 19.4. The molecule has 1 aromatic rings. The van der Waals surface area contributed by atoms with Crippen LogP contribution in [0.3, 0.4) is 0 Å². The smallest absolute Gasteiger partial charge is 0.260 e. The van der Waals surface area contributed by atoms with E-state index in [4.69, 9.17) is 9.47 Å². The SMILES string of the molecule is Cc1cccc2c1[C@H]1CC[C@H](CC1)OC[C@H]1[C@@H](NS(=O)(=O)C(C)C)CCCN1C(=O)CO2. The van der Waals surface area contributed by atoms with Crippen LogP contribution in [0.25, 0.3) is 0 Å². The number of hydrogen-bond acceptors (Lipinski definition) is 5. The Hall–Kier alpha value is -1.64. The second-order valence-corrected chi connectivity index (χ2v) is 12.0. The second-order valence-electron chi connectivity index (χ2n) is 9.70. The first-order chi connectivity index (χ1) is 15.3. The summed E-state index contributed by atoms with van der Waals surface area (Å²) in [6.07, 6.45) is 5.55. The number of nitrogens with zero attached hydrogens (tertiary/aromatic N) is 1. The van der Waals surface area contributed by atoms with Crippen LogP contribution >= 0.6 is 0 Å². The molecular formula is C24H36N2O5S. The molecule has 0 radical (unpaired) electrons. The van der Waals surface area contributed by atoms with E-state index in [1.54, 1.807) is 18.7 Å². The average molecular weight is 465 g/mol. The molecule has 1 aromatic carbocycles. The van der Waals surface area contributed by atoms with Crippen LogP contribution in [-0.4, -0.2) is 62.4 Å². The van der Waals surface area contributed by atoms with Gasteiger partial charge < -0.3 is 14.4 Å². The molecule has 8 heteroatoms. The first-order valence-electron chi connectivity index (χ1n) is 11.9. The molecule has 0 aromatic heterocycles. The molecule has 178 valence electrons. The van der Waals surface area contributed by atoms with Crippen LogP contribution in [-0.2, 0) is 19.6 Å². The van der Waals surface area contributed by atoms with Crippen LogP contribution in [0.4, 0.5) is 0 Å². The minimum atomic E-state index is -3.45. The monoisotopic (exact) mass is 464 g/mol. The summed E-state index contributed by atoms with van der Waals surface area (Å²) in [5.74, 6) is 1.09. The van der Waals surface area contributed by atoms with Crippen molar-refractivity contribution in [2.45, 2.75) is 88.7 Å². The largest absolute Gasteiger partial charge is 0.483 e. The molecule has 2 fully saturated rings. The Kier molecular flexibility index (Phi) is 7.12. The minimum absolute atomic E-state index is 0.0489. The van der Waals surface area contributed by atoms with Crippen LogP contribution in [0.5, 0.6) is 5.75 Å². The van der Waals surface area contributed by atoms with Gasteiger partial charge in [0.2, 0.25) is 10.0 Å². The Balaban J connectivity index is 1.62. The lowest BCUT2D eigenvalue weighted by atomic mass is 9.80. The normalized spacial score (nSPS) is 29.4. The number of nitrogens with one attached hydrogen (secondary N) is 1. The molecule has 2 bridgehead atoms. The van der Waals surface area contributed by atoms with E-state index in [0.717, 1.165) is 37.9 Å². The van der Waals surface area contributed by atoms with Gasteiger partial charge in [-0.15, -0.1) is 0 Å². The van der Waals surface area contributed by atoms with Gasteiger partial charge >= 0.3 is 0 Å². The van der Waals surface area contributed by atoms with Gasteiger partial charge in [-0.1, -0.05) is 12.1 Å². The van der Waals surface area contributed by atoms with E-state index in [2.05, 4.69) is 17.7 Å². The highest BCUT2D eigenvalue weighted by atomic mass is 32.2. The van der Waals surface area contributed by atoms with Crippen molar-refractivity contribution in [3.63, 3.8) is 0 Å². The predicted molar refractivity (Wildman–Crippen MR) is 123 cm³/mol. The molecule has 1 saturated heterocycles. The van der Waals surface area contributed by atoms with Crippen molar-refractivity contribution in [1.82, 2.24) is 9.62 Å². The summed E-state index contributed by atoms with van der Waals surface area (Å²) in [4.78, 5) is 15.0. The molecule has 5 rings (SSSR count). The molecule has 3 aliphatic heterocycles. The maximum absolute atomic E-state index is 13.2. The first kappa shape index (κ1) is 23.5. The number of carbonyl (C=O) groups excluding carboxylic acids is 1. The average Bonchev–Trinajstić information content (AvgIpc) is 2.77. The van der Waals surface area contributed by atoms with Gasteiger partial charge in [0.25, 0.3) is 5.91 Å². The van der Waals surface area contributed by atoms with E-state index >= 15 is 0 Å². The topological polar surface area (TPSA) is 84.9 Å². The van der Waals surface area contributed by atoms with Gasteiger partial charge in [-0.25, -0.2) is 13.1 Å². The molecule has 4 aliphatic rings. The van der Waals surface area contributed by atoms with Crippen molar-refractivity contribution < 1.29 is 22.7 Å². The van der Waals surface area contributed by atoms with Crippen LogP contribution in [0.15, 0.2) is 18.2 Å². The molecule has 0 unspecified atom stereocenters. The lowest BCUT2D eigenvalue weighted by Crippen LogP contribution is -2.60. The third kappa shape index (κ3) is 4.97. The van der Waals surface area contributed by atoms with E-state index in [-0.39, 0.29) is 30.7 Å². The second kappa shape index (κ2) is 9.69. The highest BCUT2D eigenvalue weighted by Crippen LogP contribution is 2.40. The van der Waals surface area contributed by atoms with Crippen LogP contribution in [0.2, 0.25) is 0 Å². The van der Waals surface area contributed by atoms with Gasteiger partial charge in [0.15, 0.2) is 6.61 Å². The quantitative estimate of drug-likeness (QED) is 0.743. The Bertz CT molecular complexity index is 924. The lowest BCUT2D eigenvalue weighted by Gasteiger charge is -2.42. The summed E-state index contributed by atoms with van der Waals surface area (Å²) < 4.78 is 40.5. The van der Waals surface area contributed by atoms with Crippen molar-refractivity contribution in [3.8, 4) is 5.75 Å². The van der Waals surface area contributed by atoms with Gasteiger partial charge in [-0.3, -0.25) is 4.79 Å². The fraction of sp³-hybridized carbons (Fsp3) is 0.708. The summed E-state index contributed by atoms with van der Waals surface area (Å²) in [7, 11) is -3.45. The number of piperidine rings is 1. The van der Waals surface area contributed by atoms with E-state index < -0.39 is 15.3 Å². The summed E-state index contributed by atoms with van der Waals surface area (Å²) >= 11 is 0. The van der Waals surface area contributed by atoms with E-state index in [1.807, 2.05) is 12.1 Å². The van der Waals surface area contributed by atoms with Crippen molar-refractivity contribution >= 4 is 15.9 Å². The van der Waals surface area contributed by atoms with Crippen LogP contribution in [0.1, 0.15) is 69.4 Å². The van der Waals surface area contributed by atoms with E-state index in [9.17, 15) is 13.2 Å². The first-order valence-corrected chi connectivity index (χ1v) is 13.5. The van der Waals surface area contributed by atoms with Crippen LogP contribution in [0, 0.1) is 6.92 Å². The summed E-state index contributed by atoms with van der Waals surface area (Å²) in [5, 5.41) is -0.525. The van der Waals surface area contributed by atoms with E-state index in [0.29, 0.717) is 25.5 Å². The Morgan fingerprint density at radius 3 is 2.59 bits per heavy atom. The fourth-order valence-electron chi connectivity index (χ4n) is 5.34. The van der Waals surface area contributed by atoms with Gasteiger partial charge in [-0.2, -0.15) is 0 Å². The zero-order valence-corrected chi connectivity index (χ0v) is 20.2. The van der Waals surface area contributed by atoms with Gasteiger partial charge in [-0.05, 0) is 76.8 Å². The van der Waals surface area contributed by atoms with Crippen molar-refractivity contribution in [2.24, 2.45) is 0 Å². The van der Waals surface area contributed by atoms with Gasteiger partial charge in [0, 0.05) is 18.2 Å². The summed E-state index contributed by atoms with van der Waals surface area (Å²) in [6, 6.07) is 5.37. The Labute approximate surface area is 191 Å². The summed E-state index contributed by atoms with van der Waals surface area (Å²) in [5.41, 5.74) is 2.42.